The normalized spacial score (nSPS) is 32.3. The summed E-state index contributed by atoms with van der Waals surface area (Å²) in [4.78, 5) is 31.8. The first-order valence-corrected chi connectivity index (χ1v) is 36.5. The van der Waals surface area contributed by atoms with E-state index in [9.17, 15) is 36.6 Å². The van der Waals surface area contributed by atoms with E-state index in [1.54, 1.807) is 24.3 Å². The van der Waals surface area contributed by atoms with Crippen LogP contribution in [0.1, 0.15) is 173 Å². The number of carbonyl (C=O) groups excluding carboxylic acids is 2. The Bertz CT molecular complexity index is 3280. The van der Waals surface area contributed by atoms with E-state index in [0.717, 1.165) is 124 Å². The Morgan fingerprint density at radius 2 is 1.01 bits per heavy atom. The molecule has 12 atom stereocenters. The van der Waals surface area contributed by atoms with Gasteiger partial charge in [0, 0.05) is 58.2 Å². The number of halogens is 2. The Labute approximate surface area is 532 Å². The van der Waals surface area contributed by atoms with E-state index in [1.165, 1.54) is 22.3 Å². The number of amides is 2. The van der Waals surface area contributed by atoms with Crippen LogP contribution in [0.4, 0.5) is 11.4 Å². The highest BCUT2D eigenvalue weighted by Gasteiger charge is 2.47. The smallest absolute Gasteiger partial charge is 0.264 e. The zero-order valence-corrected chi connectivity index (χ0v) is 54.8. The highest BCUT2D eigenvalue weighted by atomic mass is 35.5. The van der Waals surface area contributed by atoms with Crippen LogP contribution < -0.4 is 28.7 Å². The second-order valence-electron chi connectivity index (χ2n) is 27.2. The lowest BCUT2D eigenvalue weighted by Gasteiger charge is -2.45. The van der Waals surface area contributed by atoms with Crippen molar-refractivity contribution in [2.24, 2.45) is 35.5 Å². The molecular weight excluding hydrogens is 1190 g/mol. The molecule has 4 aliphatic carbocycles. The number of aliphatic hydroxyl groups excluding tert-OH is 2. The number of benzene rings is 4. The number of carbonyl (C=O) groups is 2. The van der Waals surface area contributed by atoms with Crippen molar-refractivity contribution < 1.29 is 46.1 Å². The van der Waals surface area contributed by atoms with Gasteiger partial charge in [0.25, 0.3) is 11.8 Å². The number of fused-ring (bicyclic) bond motifs is 8. The quantitative estimate of drug-likeness (QED) is 0.134. The third kappa shape index (κ3) is 13.6. The molecule has 0 unspecified atom stereocenters. The van der Waals surface area contributed by atoms with Crippen LogP contribution in [0.25, 0.3) is 0 Å². The summed E-state index contributed by atoms with van der Waals surface area (Å²) in [6.07, 6.45) is 21.5. The molecule has 476 valence electrons. The van der Waals surface area contributed by atoms with Crippen LogP contribution in [0.15, 0.2) is 97.1 Å². The second kappa shape index (κ2) is 27.0. The summed E-state index contributed by atoms with van der Waals surface area (Å²) in [7, 11) is -7.89. The van der Waals surface area contributed by atoms with Gasteiger partial charge >= 0.3 is 0 Å². The third-order valence-electron chi connectivity index (χ3n) is 21.2. The molecule has 0 aromatic heterocycles. The van der Waals surface area contributed by atoms with Gasteiger partial charge in [-0.2, -0.15) is 0 Å². The number of anilines is 2. The summed E-state index contributed by atoms with van der Waals surface area (Å²) in [5, 5.41) is 22.5. The van der Waals surface area contributed by atoms with E-state index in [1.807, 2.05) is 76.3 Å². The van der Waals surface area contributed by atoms with Crippen molar-refractivity contribution in [2.75, 3.05) is 49.2 Å². The van der Waals surface area contributed by atoms with Crippen molar-refractivity contribution >= 4 is 66.4 Å². The number of allylic oxidation sites excluding steroid dienone is 2. The Balaban J connectivity index is 0.000000182. The number of hydrogen-bond acceptors (Lipinski definition) is 12. The monoisotopic (exact) mass is 1280 g/mol. The van der Waals surface area contributed by atoms with Crippen molar-refractivity contribution in [2.45, 2.75) is 177 Å². The van der Waals surface area contributed by atoms with E-state index in [4.69, 9.17) is 32.7 Å². The topological polar surface area (TPSA) is 192 Å². The minimum absolute atomic E-state index is 0.126. The van der Waals surface area contributed by atoms with Crippen LogP contribution in [0.5, 0.6) is 11.5 Å². The summed E-state index contributed by atoms with van der Waals surface area (Å²) in [6, 6.07) is 22.9. The Morgan fingerprint density at radius 3 is 1.40 bits per heavy atom. The highest BCUT2D eigenvalue weighted by Crippen LogP contribution is 2.49. The average Bonchev–Trinajstić information content (AvgIpc) is 1.60. The van der Waals surface area contributed by atoms with Crippen LogP contribution >= 0.6 is 23.2 Å². The van der Waals surface area contributed by atoms with Gasteiger partial charge < -0.3 is 29.5 Å². The number of hydrogen-bond donors (Lipinski definition) is 4. The summed E-state index contributed by atoms with van der Waals surface area (Å²) in [5.41, 5.74) is 6.71. The fraction of sp³-hybridized carbons (Fsp3) is 0.571. The maximum Gasteiger partial charge on any atom is 0.264 e. The van der Waals surface area contributed by atoms with Crippen LogP contribution in [-0.4, -0.2) is 101 Å². The average molecular weight is 1280 g/mol. The molecule has 2 fully saturated rings. The molecule has 4 heterocycles. The Morgan fingerprint density at radius 1 is 0.591 bits per heavy atom. The van der Waals surface area contributed by atoms with Crippen LogP contribution in [0.3, 0.4) is 0 Å². The van der Waals surface area contributed by atoms with Crippen molar-refractivity contribution in [3.05, 3.63) is 141 Å². The molecule has 88 heavy (non-hydrogen) atoms. The summed E-state index contributed by atoms with van der Waals surface area (Å²) >= 11 is 12.8. The van der Waals surface area contributed by atoms with E-state index >= 15 is 0 Å². The van der Waals surface area contributed by atoms with Gasteiger partial charge in [-0.1, -0.05) is 113 Å². The number of aliphatic hydroxyl groups is 2. The maximum atomic E-state index is 13.6. The first-order valence-electron chi connectivity index (χ1n) is 32.6. The van der Waals surface area contributed by atoms with Gasteiger partial charge in [0.05, 0.1) is 47.3 Å². The molecule has 8 aliphatic rings. The molecule has 4 aliphatic heterocycles. The Kier molecular flexibility index (Phi) is 19.8. The van der Waals surface area contributed by atoms with Gasteiger partial charge in [-0.05, 0) is 208 Å². The van der Waals surface area contributed by atoms with Gasteiger partial charge in [-0.15, -0.1) is 0 Å². The first kappa shape index (κ1) is 64.4. The number of nitrogens with one attached hydrogen (secondary N) is 2. The minimum Gasteiger partial charge on any atom is -0.490 e. The molecule has 4 N–H and O–H groups in total. The van der Waals surface area contributed by atoms with E-state index in [2.05, 4.69) is 43.5 Å². The molecule has 2 spiro atoms. The number of rotatable bonds is 6. The molecule has 18 heteroatoms. The molecule has 4 bridgehead atoms. The fourth-order valence-electron chi connectivity index (χ4n) is 15.9. The minimum atomic E-state index is -3.94. The van der Waals surface area contributed by atoms with Gasteiger partial charge in [0.2, 0.25) is 20.0 Å². The van der Waals surface area contributed by atoms with Crippen LogP contribution in [0.2, 0.25) is 10.0 Å². The number of ether oxygens (including phenoxy) is 2. The molecule has 12 rings (SSSR count). The zero-order chi connectivity index (χ0) is 62.1. The standard InChI is InChI=1S/2C35H45ClN2O5S/c2*1-3-4-10-33-23(2)7-5-9-31(39)28-14-11-26(28)20-38-21-35(17-6-8-24-18-27(36)13-15-29(24)35)22-43-32-16-12-25(19-30(32)38)34(40)37-44(33,41)42/h2*5,9,12-13,15-16,18-19,23,26,28,31,33,39H,3-4,6-8,10-11,14,17,20-22H2,1-2H3,(H,37,40)/b2*9-5-/t23-,26+,28-,31+,33-,35+;23-,26-,28+,31-,33-,35-/m10/s1. The molecule has 4 aromatic rings. The van der Waals surface area contributed by atoms with Gasteiger partial charge in [-0.25, -0.2) is 26.3 Å². The number of nitrogens with zero attached hydrogens (tertiary/aromatic N) is 2. The zero-order valence-electron chi connectivity index (χ0n) is 51.6. The van der Waals surface area contributed by atoms with Crippen LogP contribution in [0, 0.1) is 35.5 Å². The predicted octanol–water partition coefficient (Wildman–Crippen LogP) is 12.8. The second-order valence-corrected chi connectivity index (χ2v) is 31.8. The summed E-state index contributed by atoms with van der Waals surface area (Å²) in [6.45, 7) is 11.7. The molecule has 14 nitrogen and oxygen atoms in total. The van der Waals surface area contributed by atoms with E-state index < -0.39 is 54.6 Å². The van der Waals surface area contributed by atoms with E-state index in [-0.39, 0.29) is 46.3 Å². The van der Waals surface area contributed by atoms with Crippen molar-refractivity contribution in [1.29, 1.82) is 0 Å². The molecular formula is C70H90Cl2N4O10S2. The lowest BCUT2D eigenvalue weighted by atomic mass is 9.68. The largest absolute Gasteiger partial charge is 0.490 e. The molecule has 2 saturated carbocycles. The number of sulfonamides is 2. The number of aryl methyl sites for hydroxylation is 2. The lowest BCUT2D eigenvalue weighted by Crippen LogP contribution is -2.49. The lowest BCUT2D eigenvalue weighted by molar-refractivity contribution is 0.0454. The SMILES string of the molecule is CCCC[C@@H]1[C@H](C)C/C=C\[C@H](O)[C@@H]2CC[C@H]2CN2C[C@@]3(CCCc4cc(Cl)ccc43)COc3ccc(cc32)C(=O)NS1(=O)=O.CCCC[C@H]1[C@@H](C)C/C=C\[C@H](O)[C@@H]2CC[C@H]2CN2C[C@@]3(CCCc4cc(Cl)ccc43)COc3ccc(cc32)C(=O)NS1(=O)=O. The summed E-state index contributed by atoms with van der Waals surface area (Å²) in [5.74, 6) is 0.557. The number of unbranched alkanes of at least 4 members (excludes halogenated alkanes) is 2. The predicted molar refractivity (Wildman–Crippen MR) is 350 cm³/mol. The Hall–Kier alpha value is -5.10. The molecule has 0 saturated heterocycles. The van der Waals surface area contributed by atoms with Crippen molar-refractivity contribution in [1.82, 2.24) is 9.44 Å². The van der Waals surface area contributed by atoms with Gasteiger partial charge in [0.15, 0.2) is 0 Å². The van der Waals surface area contributed by atoms with Crippen molar-refractivity contribution in [3.8, 4) is 11.5 Å². The fourth-order valence-corrected chi connectivity index (χ4v) is 19.7. The summed E-state index contributed by atoms with van der Waals surface area (Å²) < 4.78 is 72.5. The molecule has 0 radical (unpaired) electrons. The maximum absolute atomic E-state index is 13.6. The van der Waals surface area contributed by atoms with Gasteiger partial charge in [0.1, 0.15) is 11.5 Å². The molecule has 4 aromatic carbocycles. The van der Waals surface area contributed by atoms with Crippen molar-refractivity contribution in [3.63, 3.8) is 0 Å². The third-order valence-corrected chi connectivity index (χ3v) is 25.6. The van der Waals surface area contributed by atoms with Gasteiger partial charge in [-0.3, -0.25) is 9.59 Å². The molecule has 2 amide bonds. The highest BCUT2D eigenvalue weighted by molar-refractivity contribution is 7.91. The van der Waals surface area contributed by atoms with Crippen LogP contribution in [-0.2, 0) is 43.7 Å². The first-order chi connectivity index (χ1) is 42.2. The van der Waals surface area contributed by atoms with E-state index in [0.29, 0.717) is 74.6 Å².